The van der Waals surface area contributed by atoms with Crippen LogP contribution in [0, 0.1) is 13.8 Å². The fourth-order valence-corrected chi connectivity index (χ4v) is 2.34. The molecule has 0 saturated heterocycles. The van der Waals surface area contributed by atoms with Gasteiger partial charge >= 0.3 is 0 Å². The molecule has 0 aliphatic carbocycles. The van der Waals surface area contributed by atoms with E-state index in [1.807, 2.05) is 50.2 Å². The summed E-state index contributed by atoms with van der Waals surface area (Å²) in [6.07, 6.45) is 0.573. The van der Waals surface area contributed by atoms with E-state index in [1.165, 1.54) is 0 Å². The fourth-order valence-electron chi connectivity index (χ4n) is 2.34. The largest absolute Gasteiger partial charge is 0.396 e. The van der Waals surface area contributed by atoms with E-state index in [-0.39, 0.29) is 12.5 Å². The number of aryl methyl sites for hydroxylation is 1. The van der Waals surface area contributed by atoms with Crippen LogP contribution < -0.4 is 5.32 Å². The average Bonchev–Trinajstić information content (AvgIpc) is 2.75. The Morgan fingerprint density at radius 2 is 1.95 bits per heavy atom. The molecule has 0 aliphatic rings. The molecule has 0 radical (unpaired) electrons. The van der Waals surface area contributed by atoms with Crippen LogP contribution in [-0.2, 0) is 0 Å². The first kappa shape index (κ1) is 14.3. The van der Waals surface area contributed by atoms with Gasteiger partial charge in [-0.05, 0) is 38.5 Å². The Labute approximate surface area is 119 Å². The summed E-state index contributed by atoms with van der Waals surface area (Å²) in [5.41, 5.74) is 3.69. The van der Waals surface area contributed by atoms with Crippen molar-refractivity contribution in [2.75, 3.05) is 13.2 Å². The second-order valence-electron chi connectivity index (χ2n) is 4.79. The highest BCUT2D eigenvalue weighted by atomic mass is 16.3. The quantitative estimate of drug-likeness (QED) is 0.820. The van der Waals surface area contributed by atoms with Crippen LogP contribution in [0.15, 0.2) is 36.4 Å². The molecule has 106 valence electrons. The minimum Gasteiger partial charge on any atom is -0.396 e. The summed E-state index contributed by atoms with van der Waals surface area (Å²) in [5, 5.41) is 11.6. The maximum Gasteiger partial charge on any atom is 0.253 e. The Morgan fingerprint density at radius 3 is 2.60 bits per heavy atom. The predicted octanol–water partition coefficient (Wildman–Crippen LogP) is 2.21. The minimum absolute atomic E-state index is 0.0866. The number of hydrogen-bond donors (Lipinski definition) is 2. The molecule has 0 saturated carbocycles. The van der Waals surface area contributed by atoms with Gasteiger partial charge in [-0.3, -0.25) is 4.79 Å². The number of carbonyl (C=O) groups excluding carboxylic acids is 1. The number of nitrogens with one attached hydrogen (secondary N) is 1. The number of aromatic nitrogens is 1. The number of benzene rings is 1. The smallest absolute Gasteiger partial charge is 0.253 e. The van der Waals surface area contributed by atoms with Crippen LogP contribution in [0.1, 0.15) is 28.2 Å². The van der Waals surface area contributed by atoms with Gasteiger partial charge in [-0.1, -0.05) is 18.2 Å². The lowest BCUT2D eigenvalue weighted by molar-refractivity contribution is 0.0950. The Bertz CT molecular complexity index is 588. The zero-order chi connectivity index (χ0) is 14.5. The molecule has 4 nitrogen and oxygen atoms in total. The van der Waals surface area contributed by atoms with Crippen LogP contribution in [0.4, 0.5) is 0 Å². The summed E-state index contributed by atoms with van der Waals surface area (Å²) in [5.74, 6) is -0.0891. The first-order chi connectivity index (χ1) is 9.65. The third-order valence-electron chi connectivity index (χ3n) is 3.31. The Balaban J connectivity index is 2.27. The monoisotopic (exact) mass is 272 g/mol. The topological polar surface area (TPSA) is 54.3 Å². The van der Waals surface area contributed by atoms with Gasteiger partial charge in [0.1, 0.15) is 0 Å². The number of amides is 1. The summed E-state index contributed by atoms with van der Waals surface area (Å²) in [7, 11) is 0. The zero-order valence-corrected chi connectivity index (χ0v) is 11.9. The van der Waals surface area contributed by atoms with Crippen LogP contribution in [-0.4, -0.2) is 28.7 Å². The summed E-state index contributed by atoms with van der Waals surface area (Å²) in [4.78, 5) is 12.1. The molecule has 1 aromatic carbocycles. The van der Waals surface area contributed by atoms with Gasteiger partial charge in [-0.2, -0.15) is 0 Å². The summed E-state index contributed by atoms with van der Waals surface area (Å²) >= 11 is 0. The van der Waals surface area contributed by atoms with Crippen molar-refractivity contribution in [2.45, 2.75) is 20.3 Å². The van der Waals surface area contributed by atoms with E-state index in [0.29, 0.717) is 18.5 Å². The number of para-hydroxylation sites is 1. The number of hydrogen-bond acceptors (Lipinski definition) is 2. The maximum absolute atomic E-state index is 12.1. The molecule has 0 spiro atoms. The van der Waals surface area contributed by atoms with Gasteiger partial charge in [-0.15, -0.1) is 0 Å². The second kappa shape index (κ2) is 6.39. The molecule has 2 aromatic rings. The van der Waals surface area contributed by atoms with Crippen molar-refractivity contribution in [2.24, 2.45) is 0 Å². The molecule has 2 rings (SSSR count). The van der Waals surface area contributed by atoms with E-state index in [2.05, 4.69) is 9.88 Å². The van der Waals surface area contributed by atoms with Crippen LogP contribution in [0.3, 0.4) is 0 Å². The molecule has 0 unspecified atom stereocenters. The van der Waals surface area contributed by atoms with E-state index in [9.17, 15) is 4.79 Å². The molecule has 20 heavy (non-hydrogen) atoms. The third-order valence-corrected chi connectivity index (χ3v) is 3.31. The molecule has 1 aromatic heterocycles. The molecule has 1 heterocycles. The lowest BCUT2D eigenvalue weighted by atomic mass is 10.2. The van der Waals surface area contributed by atoms with Crippen molar-refractivity contribution in [3.8, 4) is 5.69 Å². The first-order valence-electron chi connectivity index (χ1n) is 6.78. The van der Waals surface area contributed by atoms with Crippen molar-refractivity contribution in [1.82, 2.24) is 9.88 Å². The highest BCUT2D eigenvalue weighted by molar-refractivity contribution is 5.95. The summed E-state index contributed by atoms with van der Waals surface area (Å²) in [6.45, 7) is 4.51. The van der Waals surface area contributed by atoms with Gasteiger partial charge in [0.15, 0.2) is 0 Å². The summed E-state index contributed by atoms with van der Waals surface area (Å²) < 4.78 is 2.07. The molecule has 0 atom stereocenters. The van der Waals surface area contributed by atoms with Gasteiger partial charge in [0.25, 0.3) is 5.91 Å². The van der Waals surface area contributed by atoms with Crippen LogP contribution in [0.5, 0.6) is 0 Å². The lowest BCUT2D eigenvalue weighted by Crippen LogP contribution is -2.25. The molecule has 0 aliphatic heterocycles. The van der Waals surface area contributed by atoms with E-state index in [1.54, 1.807) is 0 Å². The van der Waals surface area contributed by atoms with Crippen LogP contribution >= 0.6 is 0 Å². The molecule has 4 heteroatoms. The number of rotatable bonds is 5. The van der Waals surface area contributed by atoms with Crippen molar-refractivity contribution >= 4 is 5.91 Å². The second-order valence-corrected chi connectivity index (χ2v) is 4.79. The van der Waals surface area contributed by atoms with Crippen molar-refractivity contribution in [3.63, 3.8) is 0 Å². The fraction of sp³-hybridized carbons (Fsp3) is 0.312. The summed E-state index contributed by atoms with van der Waals surface area (Å²) in [6, 6.07) is 11.9. The number of nitrogens with zero attached hydrogens (tertiary/aromatic N) is 1. The number of aliphatic hydroxyl groups excluding tert-OH is 1. The van der Waals surface area contributed by atoms with Crippen LogP contribution in [0.2, 0.25) is 0 Å². The van der Waals surface area contributed by atoms with Gasteiger partial charge in [-0.25, -0.2) is 0 Å². The molecular weight excluding hydrogens is 252 g/mol. The SMILES string of the molecule is Cc1cc(C(=O)NCCCO)c(C)n1-c1ccccc1. The van der Waals surface area contributed by atoms with Gasteiger partial charge < -0.3 is 15.0 Å². The highest BCUT2D eigenvalue weighted by Gasteiger charge is 2.15. The van der Waals surface area contributed by atoms with Crippen LogP contribution in [0.25, 0.3) is 5.69 Å². The van der Waals surface area contributed by atoms with E-state index < -0.39 is 0 Å². The highest BCUT2D eigenvalue weighted by Crippen LogP contribution is 2.20. The molecule has 0 fully saturated rings. The standard InChI is InChI=1S/C16H20N2O2/c1-12-11-15(16(20)17-9-6-10-19)13(2)18(12)14-7-4-3-5-8-14/h3-5,7-8,11,19H,6,9-10H2,1-2H3,(H,17,20). The van der Waals surface area contributed by atoms with E-state index >= 15 is 0 Å². The Hall–Kier alpha value is -2.07. The maximum atomic E-state index is 12.1. The number of aliphatic hydroxyl groups is 1. The predicted molar refractivity (Wildman–Crippen MR) is 79.3 cm³/mol. The van der Waals surface area contributed by atoms with Gasteiger partial charge in [0.2, 0.25) is 0 Å². The Kier molecular flexibility index (Phi) is 4.58. The molecule has 0 bridgehead atoms. The normalized spacial score (nSPS) is 10.6. The molecule has 2 N–H and O–H groups in total. The van der Waals surface area contributed by atoms with Gasteiger partial charge in [0, 0.05) is 30.2 Å². The number of carbonyl (C=O) groups is 1. The lowest BCUT2D eigenvalue weighted by Gasteiger charge is -2.09. The molecular formula is C16H20N2O2. The first-order valence-corrected chi connectivity index (χ1v) is 6.78. The average molecular weight is 272 g/mol. The third kappa shape index (κ3) is 2.91. The van der Waals surface area contributed by atoms with Crippen molar-refractivity contribution in [3.05, 3.63) is 53.3 Å². The molecule has 1 amide bonds. The van der Waals surface area contributed by atoms with Crippen molar-refractivity contribution < 1.29 is 9.90 Å². The Morgan fingerprint density at radius 1 is 1.25 bits per heavy atom. The zero-order valence-electron chi connectivity index (χ0n) is 11.9. The van der Waals surface area contributed by atoms with E-state index in [0.717, 1.165) is 17.1 Å². The van der Waals surface area contributed by atoms with E-state index in [4.69, 9.17) is 5.11 Å². The van der Waals surface area contributed by atoms with Crippen molar-refractivity contribution in [1.29, 1.82) is 0 Å². The minimum atomic E-state index is -0.0891. The van der Waals surface area contributed by atoms with Gasteiger partial charge in [0.05, 0.1) is 5.56 Å².